The van der Waals surface area contributed by atoms with Gasteiger partial charge in [0.1, 0.15) is 0 Å². The minimum Gasteiger partial charge on any atom is -0.478 e. The molecule has 0 saturated carbocycles. The normalized spacial score (nSPS) is 12.4. The lowest BCUT2D eigenvalue weighted by Crippen LogP contribution is -2.24. The van der Waals surface area contributed by atoms with Crippen molar-refractivity contribution in [2.75, 3.05) is 13.7 Å². The molecule has 0 spiro atoms. The standard InChI is InChI=1S/C11H15NO4/c1-8(7-16-2)5-12-6-9(11(14)15)3-4-10(12)13/h3-4,6,8H,5,7H2,1-2H3,(H,14,15). The average Bonchev–Trinajstić information content (AvgIpc) is 2.21. The molecule has 5 nitrogen and oxygen atoms in total. The first kappa shape index (κ1) is 12.4. The summed E-state index contributed by atoms with van der Waals surface area (Å²) in [6.45, 7) is 2.92. The van der Waals surface area contributed by atoms with Gasteiger partial charge in [-0.3, -0.25) is 4.79 Å². The van der Waals surface area contributed by atoms with Crippen LogP contribution in [0.5, 0.6) is 0 Å². The number of methoxy groups -OCH3 is 1. The molecule has 88 valence electrons. The quantitative estimate of drug-likeness (QED) is 0.805. The van der Waals surface area contributed by atoms with Crippen LogP contribution in [0.25, 0.3) is 0 Å². The van der Waals surface area contributed by atoms with Gasteiger partial charge in [-0.1, -0.05) is 6.92 Å². The molecule has 0 amide bonds. The molecule has 1 atom stereocenters. The summed E-state index contributed by atoms with van der Waals surface area (Å²) in [6.07, 6.45) is 1.36. The highest BCUT2D eigenvalue weighted by Crippen LogP contribution is 2.01. The van der Waals surface area contributed by atoms with Crippen molar-refractivity contribution in [3.63, 3.8) is 0 Å². The Bertz CT molecular complexity index is 424. The van der Waals surface area contributed by atoms with Crippen LogP contribution in [-0.4, -0.2) is 29.4 Å². The van der Waals surface area contributed by atoms with Crippen molar-refractivity contribution in [1.29, 1.82) is 0 Å². The zero-order valence-electron chi connectivity index (χ0n) is 9.34. The van der Waals surface area contributed by atoms with Gasteiger partial charge in [0.15, 0.2) is 0 Å². The van der Waals surface area contributed by atoms with Gasteiger partial charge >= 0.3 is 5.97 Å². The van der Waals surface area contributed by atoms with E-state index in [0.717, 1.165) is 0 Å². The maximum atomic E-state index is 11.5. The molecule has 0 aromatic carbocycles. The maximum Gasteiger partial charge on any atom is 0.337 e. The van der Waals surface area contributed by atoms with Crippen LogP contribution in [0.4, 0.5) is 0 Å². The summed E-state index contributed by atoms with van der Waals surface area (Å²) in [7, 11) is 1.59. The SMILES string of the molecule is COCC(C)Cn1cc(C(=O)O)ccc1=O. The number of carboxylic acid groups (broad SMARTS) is 1. The van der Waals surface area contributed by atoms with Gasteiger partial charge in [-0.2, -0.15) is 0 Å². The number of carboxylic acids is 1. The molecule has 1 aromatic heterocycles. The second-order valence-electron chi connectivity index (χ2n) is 3.77. The Morgan fingerprint density at radius 2 is 2.25 bits per heavy atom. The minimum atomic E-state index is -1.03. The number of ether oxygens (including phenoxy) is 1. The summed E-state index contributed by atoms with van der Waals surface area (Å²) in [5.74, 6) is -0.875. The molecule has 0 aliphatic heterocycles. The Morgan fingerprint density at radius 1 is 1.56 bits per heavy atom. The van der Waals surface area contributed by atoms with E-state index < -0.39 is 5.97 Å². The van der Waals surface area contributed by atoms with Crippen molar-refractivity contribution in [1.82, 2.24) is 4.57 Å². The molecule has 16 heavy (non-hydrogen) atoms. The van der Waals surface area contributed by atoms with Crippen molar-refractivity contribution in [3.8, 4) is 0 Å². The fraction of sp³-hybridized carbons (Fsp3) is 0.455. The van der Waals surface area contributed by atoms with Crippen molar-refractivity contribution >= 4 is 5.97 Å². The lowest BCUT2D eigenvalue weighted by Gasteiger charge is -2.12. The summed E-state index contributed by atoms with van der Waals surface area (Å²) in [6, 6.07) is 2.57. The van der Waals surface area contributed by atoms with Gasteiger partial charge < -0.3 is 14.4 Å². The topological polar surface area (TPSA) is 68.5 Å². The molecule has 1 heterocycles. The van der Waals surface area contributed by atoms with Crippen LogP contribution < -0.4 is 5.56 Å². The number of aromatic nitrogens is 1. The number of rotatable bonds is 5. The van der Waals surface area contributed by atoms with Crippen molar-refractivity contribution in [2.24, 2.45) is 5.92 Å². The number of aromatic carboxylic acids is 1. The molecule has 1 N–H and O–H groups in total. The molecule has 1 unspecified atom stereocenters. The summed E-state index contributed by atoms with van der Waals surface area (Å²) in [5.41, 5.74) is -0.0860. The van der Waals surface area contributed by atoms with E-state index in [1.807, 2.05) is 6.92 Å². The summed E-state index contributed by atoms with van der Waals surface area (Å²) in [5, 5.41) is 8.80. The highest BCUT2D eigenvalue weighted by atomic mass is 16.5. The van der Waals surface area contributed by atoms with Gasteiger partial charge in [0.25, 0.3) is 5.56 Å². The molecular formula is C11H15NO4. The van der Waals surface area contributed by atoms with Crippen LogP contribution in [0.2, 0.25) is 0 Å². The number of hydrogen-bond donors (Lipinski definition) is 1. The van der Waals surface area contributed by atoms with Crippen LogP contribution in [0.3, 0.4) is 0 Å². The number of nitrogens with zero attached hydrogens (tertiary/aromatic N) is 1. The fourth-order valence-corrected chi connectivity index (χ4v) is 1.47. The van der Waals surface area contributed by atoms with Gasteiger partial charge in [-0.15, -0.1) is 0 Å². The van der Waals surface area contributed by atoms with Crippen molar-refractivity contribution < 1.29 is 14.6 Å². The smallest absolute Gasteiger partial charge is 0.337 e. The number of pyridine rings is 1. The molecule has 0 aliphatic rings. The predicted molar refractivity (Wildman–Crippen MR) is 58.7 cm³/mol. The third kappa shape index (κ3) is 3.20. The Balaban J connectivity index is 2.90. The third-order valence-electron chi connectivity index (χ3n) is 2.19. The second-order valence-corrected chi connectivity index (χ2v) is 3.77. The van der Waals surface area contributed by atoms with Gasteiger partial charge in [0.05, 0.1) is 12.2 Å². The monoisotopic (exact) mass is 225 g/mol. The molecule has 1 aromatic rings. The van der Waals surface area contributed by atoms with E-state index in [4.69, 9.17) is 9.84 Å². The molecule has 0 fully saturated rings. The van der Waals surface area contributed by atoms with Crippen molar-refractivity contribution in [3.05, 3.63) is 34.2 Å². The third-order valence-corrected chi connectivity index (χ3v) is 2.19. The number of hydrogen-bond acceptors (Lipinski definition) is 3. The highest BCUT2D eigenvalue weighted by molar-refractivity contribution is 5.87. The summed E-state index contributed by atoms with van der Waals surface area (Å²) < 4.78 is 6.36. The van der Waals surface area contributed by atoms with Gasteiger partial charge in [-0.05, 0) is 12.0 Å². The van der Waals surface area contributed by atoms with Crippen LogP contribution in [-0.2, 0) is 11.3 Å². The van der Waals surface area contributed by atoms with Gasteiger partial charge in [0, 0.05) is 25.9 Å². The lowest BCUT2D eigenvalue weighted by atomic mass is 10.2. The Labute approximate surface area is 93.3 Å². The van der Waals surface area contributed by atoms with Crippen LogP contribution in [0.1, 0.15) is 17.3 Å². The van der Waals surface area contributed by atoms with Crippen molar-refractivity contribution in [2.45, 2.75) is 13.5 Å². The zero-order valence-corrected chi connectivity index (χ0v) is 9.34. The van der Waals surface area contributed by atoms with Crippen LogP contribution in [0, 0.1) is 5.92 Å². The van der Waals surface area contributed by atoms with E-state index in [-0.39, 0.29) is 17.0 Å². The molecular weight excluding hydrogens is 210 g/mol. The second kappa shape index (κ2) is 5.46. The number of carbonyl (C=O) groups is 1. The average molecular weight is 225 g/mol. The Kier molecular flexibility index (Phi) is 4.25. The first-order chi connectivity index (χ1) is 7.54. The highest BCUT2D eigenvalue weighted by Gasteiger charge is 2.08. The fourth-order valence-electron chi connectivity index (χ4n) is 1.47. The van der Waals surface area contributed by atoms with E-state index >= 15 is 0 Å². The zero-order chi connectivity index (χ0) is 12.1. The maximum absolute atomic E-state index is 11.5. The Morgan fingerprint density at radius 3 is 2.81 bits per heavy atom. The molecule has 1 rings (SSSR count). The lowest BCUT2D eigenvalue weighted by molar-refractivity contribution is 0.0695. The van der Waals surface area contributed by atoms with E-state index in [9.17, 15) is 9.59 Å². The van der Waals surface area contributed by atoms with Crippen LogP contribution in [0.15, 0.2) is 23.1 Å². The van der Waals surface area contributed by atoms with E-state index in [1.165, 1.54) is 22.9 Å². The van der Waals surface area contributed by atoms with E-state index in [2.05, 4.69) is 0 Å². The molecule has 0 saturated heterocycles. The molecule has 5 heteroatoms. The van der Waals surface area contributed by atoms with E-state index in [1.54, 1.807) is 7.11 Å². The first-order valence-corrected chi connectivity index (χ1v) is 4.97. The Hall–Kier alpha value is -1.62. The summed E-state index contributed by atoms with van der Waals surface area (Å²) in [4.78, 5) is 22.2. The first-order valence-electron chi connectivity index (χ1n) is 4.97. The van der Waals surface area contributed by atoms with Gasteiger partial charge in [-0.25, -0.2) is 4.79 Å². The minimum absolute atomic E-state index is 0.115. The molecule has 0 bridgehead atoms. The molecule has 0 radical (unpaired) electrons. The summed E-state index contributed by atoms with van der Waals surface area (Å²) >= 11 is 0. The van der Waals surface area contributed by atoms with Crippen LogP contribution >= 0.6 is 0 Å². The molecule has 0 aliphatic carbocycles. The van der Waals surface area contributed by atoms with E-state index in [0.29, 0.717) is 13.2 Å². The predicted octanol–water partition coefficient (Wildman–Crippen LogP) is 0.829. The largest absolute Gasteiger partial charge is 0.478 e. The van der Waals surface area contributed by atoms with Gasteiger partial charge in [0.2, 0.25) is 0 Å².